The number of rotatable bonds is 3. The van der Waals surface area contributed by atoms with Crippen molar-refractivity contribution in [2.45, 2.75) is 38.6 Å². The SMILES string of the molecule is O=C1CC(C2CCCC2)=NN1Cc1ccc(Cl)cc1. The fourth-order valence-electron chi connectivity index (χ4n) is 2.86. The van der Waals surface area contributed by atoms with Crippen LogP contribution >= 0.6 is 11.6 Å². The Morgan fingerprint density at radius 3 is 2.58 bits per heavy atom. The summed E-state index contributed by atoms with van der Waals surface area (Å²) < 4.78 is 0. The van der Waals surface area contributed by atoms with Gasteiger partial charge in [0.2, 0.25) is 5.91 Å². The van der Waals surface area contributed by atoms with E-state index < -0.39 is 0 Å². The molecule has 19 heavy (non-hydrogen) atoms. The molecule has 0 atom stereocenters. The normalized spacial score (nSPS) is 20.2. The first-order chi connectivity index (χ1) is 9.22. The highest BCUT2D eigenvalue weighted by Crippen LogP contribution is 2.30. The molecule has 1 fully saturated rings. The molecule has 3 nitrogen and oxygen atoms in total. The Morgan fingerprint density at radius 1 is 1.21 bits per heavy atom. The summed E-state index contributed by atoms with van der Waals surface area (Å²) in [6.45, 7) is 0.548. The van der Waals surface area contributed by atoms with Crippen LogP contribution in [0.5, 0.6) is 0 Å². The fourth-order valence-corrected chi connectivity index (χ4v) is 2.99. The first-order valence-corrected chi connectivity index (χ1v) is 7.22. The molecule has 3 rings (SSSR count). The van der Waals surface area contributed by atoms with Gasteiger partial charge in [0.15, 0.2) is 0 Å². The zero-order valence-corrected chi connectivity index (χ0v) is 11.6. The third-order valence-electron chi connectivity index (χ3n) is 3.94. The highest BCUT2D eigenvalue weighted by Gasteiger charge is 2.30. The number of carbonyl (C=O) groups is 1. The summed E-state index contributed by atoms with van der Waals surface area (Å²) >= 11 is 5.86. The molecule has 0 bridgehead atoms. The van der Waals surface area contributed by atoms with Gasteiger partial charge in [0, 0.05) is 5.02 Å². The van der Waals surface area contributed by atoms with E-state index in [1.54, 1.807) is 5.01 Å². The van der Waals surface area contributed by atoms with E-state index >= 15 is 0 Å². The van der Waals surface area contributed by atoms with Crippen LogP contribution in [0, 0.1) is 5.92 Å². The molecule has 4 heteroatoms. The Kier molecular flexibility index (Phi) is 3.56. The Balaban J connectivity index is 1.70. The summed E-state index contributed by atoms with van der Waals surface area (Å²) in [5, 5.41) is 6.86. The van der Waals surface area contributed by atoms with Crippen LogP contribution in [-0.2, 0) is 11.3 Å². The van der Waals surface area contributed by atoms with Crippen LogP contribution in [-0.4, -0.2) is 16.6 Å². The van der Waals surface area contributed by atoms with Gasteiger partial charge in [0.05, 0.1) is 18.7 Å². The first kappa shape index (κ1) is 12.7. The zero-order valence-electron chi connectivity index (χ0n) is 10.8. The highest BCUT2D eigenvalue weighted by atomic mass is 35.5. The molecule has 1 amide bonds. The Bertz CT molecular complexity index is 503. The fraction of sp³-hybridized carbons (Fsp3) is 0.467. The van der Waals surface area contributed by atoms with Crippen molar-refractivity contribution in [2.24, 2.45) is 11.0 Å². The molecule has 1 aliphatic heterocycles. The minimum atomic E-state index is 0.122. The van der Waals surface area contributed by atoms with Gasteiger partial charge in [-0.2, -0.15) is 5.10 Å². The summed E-state index contributed by atoms with van der Waals surface area (Å²) in [6, 6.07) is 7.58. The summed E-state index contributed by atoms with van der Waals surface area (Å²) in [4.78, 5) is 12.0. The minimum absolute atomic E-state index is 0.122. The number of nitrogens with zero attached hydrogens (tertiary/aromatic N) is 2. The van der Waals surface area contributed by atoms with Crippen molar-refractivity contribution in [3.63, 3.8) is 0 Å². The van der Waals surface area contributed by atoms with Crippen molar-refractivity contribution >= 4 is 23.2 Å². The molecule has 0 radical (unpaired) electrons. The number of hydrogen-bond acceptors (Lipinski definition) is 2. The van der Waals surface area contributed by atoms with Gasteiger partial charge in [-0.1, -0.05) is 36.6 Å². The Morgan fingerprint density at radius 2 is 1.89 bits per heavy atom. The van der Waals surface area contributed by atoms with Crippen LogP contribution in [0.1, 0.15) is 37.7 Å². The van der Waals surface area contributed by atoms with Gasteiger partial charge in [-0.15, -0.1) is 0 Å². The van der Waals surface area contributed by atoms with E-state index in [-0.39, 0.29) is 5.91 Å². The van der Waals surface area contributed by atoms with Gasteiger partial charge in [0.1, 0.15) is 0 Å². The number of hydrogen-bond donors (Lipinski definition) is 0. The van der Waals surface area contributed by atoms with E-state index in [4.69, 9.17) is 11.6 Å². The third kappa shape index (κ3) is 2.81. The maximum Gasteiger partial charge on any atom is 0.248 e. The van der Waals surface area contributed by atoms with Crippen molar-refractivity contribution in [3.05, 3.63) is 34.9 Å². The second kappa shape index (κ2) is 5.33. The smallest absolute Gasteiger partial charge is 0.248 e. The Labute approximate surface area is 118 Å². The average molecular weight is 277 g/mol. The molecule has 1 aromatic rings. The van der Waals surface area contributed by atoms with Crippen LogP contribution in [0.3, 0.4) is 0 Å². The summed E-state index contributed by atoms with van der Waals surface area (Å²) in [5.74, 6) is 0.663. The lowest BCUT2D eigenvalue weighted by molar-refractivity contribution is -0.129. The summed E-state index contributed by atoms with van der Waals surface area (Å²) in [5.41, 5.74) is 2.16. The lowest BCUT2D eigenvalue weighted by Gasteiger charge is -2.11. The lowest BCUT2D eigenvalue weighted by Crippen LogP contribution is -2.20. The molecule has 100 valence electrons. The molecule has 0 spiro atoms. The molecule has 2 aliphatic rings. The second-order valence-electron chi connectivity index (χ2n) is 5.33. The van der Waals surface area contributed by atoms with Crippen LogP contribution in [0.25, 0.3) is 0 Å². The van der Waals surface area contributed by atoms with Gasteiger partial charge in [-0.25, -0.2) is 5.01 Å². The summed E-state index contributed by atoms with van der Waals surface area (Å²) in [6.07, 6.45) is 5.45. The lowest BCUT2D eigenvalue weighted by atomic mass is 10.00. The van der Waals surface area contributed by atoms with Crippen molar-refractivity contribution in [2.75, 3.05) is 0 Å². The largest absolute Gasteiger partial charge is 0.273 e. The highest BCUT2D eigenvalue weighted by molar-refractivity contribution is 6.30. The molecular weight excluding hydrogens is 260 g/mol. The third-order valence-corrected chi connectivity index (χ3v) is 4.19. The van der Waals surface area contributed by atoms with E-state index in [0.717, 1.165) is 11.3 Å². The molecule has 0 saturated heterocycles. The Hall–Kier alpha value is -1.35. The number of hydrazone groups is 1. The van der Waals surface area contributed by atoms with E-state index in [0.29, 0.717) is 23.9 Å². The average Bonchev–Trinajstić information content (AvgIpc) is 3.03. The van der Waals surface area contributed by atoms with Gasteiger partial charge in [-0.3, -0.25) is 4.79 Å². The van der Waals surface area contributed by atoms with E-state index in [2.05, 4.69) is 5.10 Å². The van der Waals surface area contributed by atoms with Gasteiger partial charge >= 0.3 is 0 Å². The van der Waals surface area contributed by atoms with Crippen LogP contribution in [0.4, 0.5) is 0 Å². The van der Waals surface area contributed by atoms with E-state index in [9.17, 15) is 4.79 Å². The zero-order chi connectivity index (χ0) is 13.2. The minimum Gasteiger partial charge on any atom is -0.273 e. The van der Waals surface area contributed by atoms with E-state index in [1.807, 2.05) is 24.3 Å². The molecule has 1 aromatic carbocycles. The topological polar surface area (TPSA) is 32.7 Å². The maximum atomic E-state index is 12.0. The predicted octanol–water partition coefficient (Wildman–Crippen LogP) is 3.62. The van der Waals surface area contributed by atoms with Crippen molar-refractivity contribution in [1.29, 1.82) is 0 Å². The van der Waals surface area contributed by atoms with Crippen molar-refractivity contribution < 1.29 is 4.79 Å². The quantitative estimate of drug-likeness (QED) is 0.830. The summed E-state index contributed by atoms with van der Waals surface area (Å²) in [7, 11) is 0. The molecule has 0 aromatic heterocycles. The number of carbonyl (C=O) groups excluding carboxylic acids is 1. The number of benzene rings is 1. The number of amides is 1. The molecule has 1 heterocycles. The number of halogens is 1. The van der Waals surface area contributed by atoms with Crippen LogP contribution in [0.15, 0.2) is 29.4 Å². The van der Waals surface area contributed by atoms with Gasteiger partial charge in [-0.05, 0) is 36.5 Å². The van der Waals surface area contributed by atoms with Crippen molar-refractivity contribution in [1.82, 2.24) is 5.01 Å². The molecular formula is C15H17ClN2O. The molecule has 0 unspecified atom stereocenters. The second-order valence-corrected chi connectivity index (χ2v) is 5.76. The maximum absolute atomic E-state index is 12.0. The standard InChI is InChI=1S/C15H17ClN2O/c16-13-7-5-11(6-8-13)10-18-15(19)9-14(17-18)12-3-1-2-4-12/h5-8,12H,1-4,9-10H2. The molecule has 1 aliphatic carbocycles. The molecule has 0 N–H and O–H groups in total. The van der Waals surface area contributed by atoms with Crippen LogP contribution < -0.4 is 0 Å². The predicted molar refractivity (Wildman–Crippen MR) is 76.0 cm³/mol. The van der Waals surface area contributed by atoms with Gasteiger partial charge in [0.25, 0.3) is 0 Å². The van der Waals surface area contributed by atoms with Gasteiger partial charge < -0.3 is 0 Å². The monoisotopic (exact) mass is 276 g/mol. The molecule has 1 saturated carbocycles. The van der Waals surface area contributed by atoms with Crippen molar-refractivity contribution in [3.8, 4) is 0 Å². The van der Waals surface area contributed by atoms with Crippen LogP contribution in [0.2, 0.25) is 5.02 Å². The van der Waals surface area contributed by atoms with E-state index in [1.165, 1.54) is 25.7 Å². The first-order valence-electron chi connectivity index (χ1n) is 6.84.